The molecule has 3 aromatic rings. The Hall–Kier alpha value is -4.48. The number of anilines is 1. The Bertz CT molecular complexity index is 1120. The van der Waals surface area contributed by atoms with E-state index in [2.05, 4.69) is 26.2 Å². The molecule has 172 valence electrons. The zero-order valence-corrected chi connectivity index (χ0v) is 18.0. The highest BCUT2D eigenvalue weighted by molar-refractivity contribution is 6.02. The third-order valence-corrected chi connectivity index (χ3v) is 4.11. The van der Waals surface area contributed by atoms with Crippen LogP contribution in [0.2, 0.25) is 0 Å². The van der Waals surface area contributed by atoms with Crippen LogP contribution in [-0.4, -0.2) is 57.9 Å². The van der Waals surface area contributed by atoms with Crippen LogP contribution in [0.1, 0.15) is 24.2 Å². The number of hydrogen-bond acceptors (Lipinski definition) is 9. The van der Waals surface area contributed by atoms with Crippen molar-refractivity contribution in [3.05, 3.63) is 54.4 Å². The second-order valence-corrected chi connectivity index (χ2v) is 6.38. The van der Waals surface area contributed by atoms with Gasteiger partial charge in [-0.05, 0) is 48.5 Å². The number of rotatable bonds is 9. The number of carbonyl (C=O) groups excluding carboxylic acids is 3. The Morgan fingerprint density at radius 3 is 2.48 bits per heavy atom. The van der Waals surface area contributed by atoms with Crippen LogP contribution in [0.15, 0.2) is 48.8 Å². The summed E-state index contributed by atoms with van der Waals surface area (Å²) in [7, 11) is 0. The molecule has 0 aliphatic carbocycles. The predicted molar refractivity (Wildman–Crippen MR) is 115 cm³/mol. The number of amides is 3. The van der Waals surface area contributed by atoms with E-state index in [1.807, 2.05) is 13.8 Å². The van der Waals surface area contributed by atoms with Gasteiger partial charge in [0.2, 0.25) is 0 Å². The first kappa shape index (κ1) is 23.2. The van der Waals surface area contributed by atoms with Crippen LogP contribution in [0.25, 0.3) is 5.69 Å². The highest BCUT2D eigenvalue weighted by Gasteiger charge is 2.17. The molecule has 0 aliphatic rings. The van der Waals surface area contributed by atoms with Gasteiger partial charge in [-0.15, -0.1) is 5.10 Å². The lowest BCUT2D eigenvalue weighted by atomic mass is 10.2. The van der Waals surface area contributed by atoms with Crippen LogP contribution in [0.5, 0.6) is 11.5 Å². The quantitative estimate of drug-likeness (QED) is 0.463. The fourth-order valence-electron chi connectivity index (χ4n) is 2.78. The summed E-state index contributed by atoms with van der Waals surface area (Å²) in [6, 6.07) is 10.5. The Balaban J connectivity index is 1.55. The average molecular weight is 454 g/mol. The minimum absolute atomic E-state index is 0.153. The SMILES string of the molecule is CCOc1ccc(NC(=O)NC(=O)COC(=O)c2ccccc2-n2cnnn2)cc1OCC. The summed E-state index contributed by atoms with van der Waals surface area (Å²) in [5, 5.41) is 15.4. The van der Waals surface area contributed by atoms with E-state index in [-0.39, 0.29) is 5.56 Å². The van der Waals surface area contributed by atoms with E-state index in [0.29, 0.717) is 36.1 Å². The van der Waals surface area contributed by atoms with E-state index in [1.54, 1.807) is 36.4 Å². The molecule has 0 aliphatic heterocycles. The van der Waals surface area contributed by atoms with Gasteiger partial charge in [-0.3, -0.25) is 10.1 Å². The average Bonchev–Trinajstić information content (AvgIpc) is 3.34. The first-order valence-electron chi connectivity index (χ1n) is 10.0. The molecule has 12 heteroatoms. The molecule has 0 radical (unpaired) electrons. The largest absolute Gasteiger partial charge is 0.490 e. The molecule has 0 saturated carbocycles. The number of para-hydroxylation sites is 1. The van der Waals surface area contributed by atoms with Crippen molar-refractivity contribution in [3.8, 4) is 17.2 Å². The standard InChI is InChI=1S/C21H22N6O6/c1-3-31-17-10-9-14(11-18(17)32-4-2)23-21(30)24-19(28)12-33-20(29)15-7-5-6-8-16(15)27-13-22-25-26-27/h5-11,13H,3-4,12H2,1-2H3,(H2,23,24,28,30). The van der Waals surface area contributed by atoms with Gasteiger partial charge in [0, 0.05) is 11.8 Å². The van der Waals surface area contributed by atoms with Crippen LogP contribution < -0.4 is 20.1 Å². The molecule has 1 aromatic heterocycles. The second-order valence-electron chi connectivity index (χ2n) is 6.38. The number of benzene rings is 2. The Kier molecular flexibility index (Phi) is 7.89. The van der Waals surface area contributed by atoms with E-state index in [1.165, 1.54) is 17.1 Å². The number of carbonyl (C=O) groups is 3. The first-order chi connectivity index (χ1) is 16.0. The number of ether oxygens (including phenoxy) is 3. The maximum atomic E-state index is 12.4. The number of hydrogen-bond donors (Lipinski definition) is 2. The number of imide groups is 1. The molecule has 33 heavy (non-hydrogen) atoms. The number of urea groups is 1. The van der Waals surface area contributed by atoms with Gasteiger partial charge in [-0.25, -0.2) is 9.59 Å². The highest BCUT2D eigenvalue weighted by Crippen LogP contribution is 2.30. The Morgan fingerprint density at radius 2 is 1.76 bits per heavy atom. The normalized spacial score (nSPS) is 10.2. The van der Waals surface area contributed by atoms with Crippen molar-refractivity contribution in [1.82, 2.24) is 25.5 Å². The summed E-state index contributed by atoms with van der Waals surface area (Å²) in [4.78, 5) is 36.6. The lowest BCUT2D eigenvalue weighted by Crippen LogP contribution is -2.37. The highest BCUT2D eigenvalue weighted by atomic mass is 16.5. The van der Waals surface area contributed by atoms with Gasteiger partial charge in [0.05, 0.1) is 24.5 Å². The van der Waals surface area contributed by atoms with Gasteiger partial charge in [0.15, 0.2) is 18.1 Å². The molecule has 1 heterocycles. The van der Waals surface area contributed by atoms with Crippen molar-refractivity contribution in [2.24, 2.45) is 0 Å². The van der Waals surface area contributed by atoms with Crippen molar-refractivity contribution in [3.63, 3.8) is 0 Å². The van der Waals surface area contributed by atoms with Gasteiger partial charge >= 0.3 is 12.0 Å². The van der Waals surface area contributed by atoms with Gasteiger partial charge in [0.25, 0.3) is 5.91 Å². The van der Waals surface area contributed by atoms with E-state index in [0.717, 1.165) is 0 Å². The summed E-state index contributed by atoms with van der Waals surface area (Å²) in [6.07, 6.45) is 1.32. The summed E-state index contributed by atoms with van der Waals surface area (Å²) in [5.74, 6) is -0.588. The Morgan fingerprint density at radius 1 is 1.00 bits per heavy atom. The maximum absolute atomic E-state index is 12.4. The molecule has 12 nitrogen and oxygen atoms in total. The minimum atomic E-state index is -0.809. The molecule has 0 bridgehead atoms. The number of tetrazole rings is 1. The lowest BCUT2D eigenvalue weighted by molar-refractivity contribution is -0.123. The summed E-state index contributed by atoms with van der Waals surface area (Å²) in [6.45, 7) is 3.88. The monoisotopic (exact) mass is 454 g/mol. The molecule has 2 aromatic carbocycles. The van der Waals surface area contributed by atoms with Crippen LogP contribution >= 0.6 is 0 Å². The van der Waals surface area contributed by atoms with Crippen molar-refractivity contribution in [1.29, 1.82) is 0 Å². The summed E-state index contributed by atoms with van der Waals surface area (Å²) in [5.41, 5.74) is 0.922. The van der Waals surface area contributed by atoms with Gasteiger partial charge in [-0.2, -0.15) is 4.68 Å². The van der Waals surface area contributed by atoms with E-state index >= 15 is 0 Å². The van der Waals surface area contributed by atoms with Crippen LogP contribution in [-0.2, 0) is 9.53 Å². The molecular formula is C21H22N6O6. The lowest BCUT2D eigenvalue weighted by Gasteiger charge is -2.13. The van der Waals surface area contributed by atoms with Crippen molar-refractivity contribution < 1.29 is 28.6 Å². The van der Waals surface area contributed by atoms with Crippen LogP contribution in [0.3, 0.4) is 0 Å². The molecule has 0 saturated heterocycles. The molecule has 0 spiro atoms. The predicted octanol–water partition coefficient (Wildman–Crippen LogP) is 1.96. The summed E-state index contributed by atoms with van der Waals surface area (Å²) >= 11 is 0. The fraction of sp³-hybridized carbons (Fsp3) is 0.238. The molecule has 0 atom stereocenters. The first-order valence-corrected chi connectivity index (χ1v) is 10.0. The van der Waals surface area contributed by atoms with E-state index in [9.17, 15) is 14.4 Å². The second kappa shape index (κ2) is 11.2. The van der Waals surface area contributed by atoms with E-state index < -0.39 is 24.5 Å². The molecule has 3 amide bonds. The zero-order chi connectivity index (χ0) is 23.6. The molecular weight excluding hydrogens is 432 g/mol. The third-order valence-electron chi connectivity index (χ3n) is 4.11. The molecule has 3 rings (SSSR count). The minimum Gasteiger partial charge on any atom is -0.490 e. The smallest absolute Gasteiger partial charge is 0.340 e. The fourth-order valence-corrected chi connectivity index (χ4v) is 2.78. The Labute approximate surface area is 188 Å². The number of esters is 1. The number of nitrogens with zero attached hydrogens (tertiary/aromatic N) is 4. The van der Waals surface area contributed by atoms with Crippen LogP contribution in [0.4, 0.5) is 10.5 Å². The van der Waals surface area contributed by atoms with E-state index in [4.69, 9.17) is 14.2 Å². The van der Waals surface area contributed by atoms with Crippen molar-refractivity contribution >= 4 is 23.6 Å². The van der Waals surface area contributed by atoms with Gasteiger partial charge in [0.1, 0.15) is 6.33 Å². The summed E-state index contributed by atoms with van der Waals surface area (Å²) < 4.78 is 17.3. The van der Waals surface area contributed by atoms with Gasteiger partial charge in [-0.1, -0.05) is 12.1 Å². The number of aromatic nitrogens is 4. The molecule has 0 unspecified atom stereocenters. The molecule has 2 N–H and O–H groups in total. The number of nitrogens with one attached hydrogen (secondary N) is 2. The van der Waals surface area contributed by atoms with Crippen molar-refractivity contribution in [2.45, 2.75) is 13.8 Å². The zero-order valence-electron chi connectivity index (χ0n) is 18.0. The molecule has 0 fully saturated rings. The topological polar surface area (TPSA) is 147 Å². The maximum Gasteiger partial charge on any atom is 0.340 e. The van der Waals surface area contributed by atoms with Crippen molar-refractivity contribution in [2.75, 3.05) is 25.1 Å². The van der Waals surface area contributed by atoms with Gasteiger partial charge < -0.3 is 19.5 Å². The van der Waals surface area contributed by atoms with Crippen LogP contribution in [0, 0.1) is 0 Å². The third kappa shape index (κ3) is 6.26.